The van der Waals surface area contributed by atoms with Crippen LogP contribution >= 0.6 is 35.6 Å². The number of nitrogens with two attached hydrogens (primary N) is 1. The van der Waals surface area contributed by atoms with E-state index in [-0.39, 0.29) is 42.2 Å². The van der Waals surface area contributed by atoms with Crippen molar-refractivity contribution in [2.45, 2.75) is 102 Å². The third-order valence-corrected chi connectivity index (χ3v) is 14.1. The van der Waals surface area contributed by atoms with Crippen LogP contribution in [0, 0.1) is 53.3 Å². The molecule has 9 rings (SSSR count). The number of hydrogen-bond donors (Lipinski definition) is 3. The smallest absolute Gasteiger partial charge is 0.251 e. The van der Waals surface area contributed by atoms with Gasteiger partial charge in [-0.1, -0.05) is 37.0 Å². The third-order valence-electron chi connectivity index (χ3n) is 13.6. The molecule has 57 heavy (non-hydrogen) atoms. The van der Waals surface area contributed by atoms with E-state index >= 15 is 0 Å². The van der Waals surface area contributed by atoms with E-state index in [4.69, 9.17) is 28.9 Å². The Hall–Kier alpha value is -3.24. The van der Waals surface area contributed by atoms with E-state index in [1.807, 2.05) is 0 Å². The fraction of sp³-hybridized carbons (Fsp3) is 0.578. The molecule has 1 heterocycles. The first-order chi connectivity index (χ1) is 27.2. The SMILES string of the molecule is CC[C@@H](NC(=O)c1ccc(Cl)cc1)C1[C@H]2CC(C(C=O)C=O)C[C@@H]12.CC[C@@H](NC(=O)c1ccc(Cl)cc1)C1[C@H]2CC(c3cnn(C4CC4)c3)C[C@@H]12.Cl.NCC1CC1. The van der Waals surface area contributed by atoms with Gasteiger partial charge in [0.05, 0.1) is 18.2 Å². The van der Waals surface area contributed by atoms with Gasteiger partial charge in [-0.25, -0.2) is 0 Å². The van der Waals surface area contributed by atoms with Gasteiger partial charge in [0, 0.05) is 39.5 Å². The highest BCUT2D eigenvalue weighted by molar-refractivity contribution is 6.31. The van der Waals surface area contributed by atoms with Gasteiger partial charge in [-0.3, -0.25) is 14.3 Å². The van der Waals surface area contributed by atoms with Gasteiger partial charge in [-0.05, 0) is 178 Å². The van der Waals surface area contributed by atoms with Crippen molar-refractivity contribution in [2.24, 2.45) is 59.0 Å². The van der Waals surface area contributed by atoms with Gasteiger partial charge in [0.2, 0.25) is 0 Å². The fourth-order valence-electron chi connectivity index (χ4n) is 9.96. The van der Waals surface area contributed by atoms with Crippen molar-refractivity contribution in [3.63, 3.8) is 0 Å². The molecule has 4 unspecified atom stereocenters. The molecule has 6 saturated carbocycles. The summed E-state index contributed by atoms with van der Waals surface area (Å²) in [5.74, 6) is 4.96. The van der Waals surface area contributed by atoms with Crippen molar-refractivity contribution in [3.05, 3.63) is 87.7 Å². The van der Waals surface area contributed by atoms with Crippen molar-refractivity contribution in [1.82, 2.24) is 20.4 Å². The Balaban J connectivity index is 0.000000170. The molecule has 6 fully saturated rings. The van der Waals surface area contributed by atoms with Crippen molar-refractivity contribution in [2.75, 3.05) is 6.54 Å². The number of aldehydes is 2. The van der Waals surface area contributed by atoms with Gasteiger partial charge in [0.1, 0.15) is 12.6 Å². The topological polar surface area (TPSA) is 136 Å². The monoisotopic (exact) mass is 837 g/mol. The first-order valence-corrected chi connectivity index (χ1v) is 21.7. The van der Waals surface area contributed by atoms with Crippen LogP contribution in [0.4, 0.5) is 0 Å². The zero-order valence-electron chi connectivity index (χ0n) is 33.0. The van der Waals surface area contributed by atoms with E-state index in [9.17, 15) is 19.2 Å². The summed E-state index contributed by atoms with van der Waals surface area (Å²) in [6, 6.07) is 15.1. The molecule has 10 atom stereocenters. The summed E-state index contributed by atoms with van der Waals surface area (Å²) >= 11 is 11.8. The summed E-state index contributed by atoms with van der Waals surface area (Å²) in [6.45, 7) is 5.18. The number of rotatable bonds is 14. The second-order valence-electron chi connectivity index (χ2n) is 17.2. The lowest BCUT2D eigenvalue weighted by Gasteiger charge is -2.22. The predicted octanol–water partition coefficient (Wildman–Crippen LogP) is 8.73. The van der Waals surface area contributed by atoms with Gasteiger partial charge in [0.25, 0.3) is 11.8 Å². The van der Waals surface area contributed by atoms with Crippen LogP contribution in [0.1, 0.15) is 116 Å². The van der Waals surface area contributed by atoms with Crippen molar-refractivity contribution < 1.29 is 19.2 Å². The number of halogens is 3. The summed E-state index contributed by atoms with van der Waals surface area (Å²) < 4.78 is 2.16. The molecule has 6 aliphatic carbocycles. The van der Waals surface area contributed by atoms with E-state index in [1.165, 1.54) is 44.1 Å². The lowest BCUT2D eigenvalue weighted by atomic mass is 9.87. The van der Waals surface area contributed by atoms with Crippen LogP contribution < -0.4 is 16.4 Å². The minimum Gasteiger partial charge on any atom is -0.349 e. The Morgan fingerprint density at radius 1 is 0.772 bits per heavy atom. The minimum absolute atomic E-state index is 0. The van der Waals surface area contributed by atoms with Gasteiger partial charge >= 0.3 is 0 Å². The van der Waals surface area contributed by atoms with Crippen molar-refractivity contribution in [3.8, 4) is 0 Å². The molecule has 0 radical (unpaired) electrons. The van der Waals surface area contributed by atoms with Crippen molar-refractivity contribution >= 4 is 60.0 Å². The van der Waals surface area contributed by atoms with Gasteiger partial charge in [-0.15, -0.1) is 12.4 Å². The summed E-state index contributed by atoms with van der Waals surface area (Å²) in [4.78, 5) is 46.9. The van der Waals surface area contributed by atoms with Crippen LogP contribution in [0.5, 0.6) is 0 Å². The van der Waals surface area contributed by atoms with Crippen LogP contribution in [0.25, 0.3) is 0 Å². The molecule has 0 aliphatic heterocycles. The maximum Gasteiger partial charge on any atom is 0.251 e. The second-order valence-corrected chi connectivity index (χ2v) is 18.1. The highest BCUT2D eigenvalue weighted by atomic mass is 35.5. The predicted molar refractivity (Wildman–Crippen MR) is 227 cm³/mol. The first-order valence-electron chi connectivity index (χ1n) is 20.9. The fourth-order valence-corrected chi connectivity index (χ4v) is 10.2. The van der Waals surface area contributed by atoms with Crippen LogP contribution in [0.3, 0.4) is 0 Å². The molecule has 0 bridgehead atoms. The Morgan fingerprint density at radius 2 is 1.23 bits per heavy atom. The molecule has 2 aromatic carbocycles. The summed E-state index contributed by atoms with van der Waals surface area (Å²) in [5, 5.41) is 12.3. The van der Waals surface area contributed by atoms with Gasteiger partial charge in [-0.2, -0.15) is 5.10 Å². The molecule has 1 aromatic heterocycles. The average molecular weight is 839 g/mol. The highest BCUT2D eigenvalue weighted by Crippen LogP contribution is 2.64. The molecule has 4 N–H and O–H groups in total. The van der Waals surface area contributed by atoms with E-state index in [0.29, 0.717) is 56.8 Å². The number of benzene rings is 2. The molecule has 3 aromatic rings. The number of amides is 2. The van der Waals surface area contributed by atoms with E-state index in [1.54, 1.807) is 48.5 Å². The first kappa shape index (κ1) is 43.3. The highest BCUT2D eigenvalue weighted by Gasteiger charge is 2.60. The Kier molecular flexibility index (Phi) is 14.6. The van der Waals surface area contributed by atoms with Crippen LogP contribution in [0.2, 0.25) is 10.0 Å². The second kappa shape index (κ2) is 19.2. The van der Waals surface area contributed by atoms with Gasteiger partial charge in [0.15, 0.2) is 0 Å². The molecule has 12 heteroatoms. The number of carbonyl (C=O) groups is 4. The number of aromatic nitrogens is 2. The number of hydrogen-bond acceptors (Lipinski definition) is 6. The quantitative estimate of drug-likeness (QED) is 0.110. The number of nitrogens with zero attached hydrogens (tertiary/aromatic N) is 2. The third kappa shape index (κ3) is 10.5. The number of nitrogens with one attached hydrogen (secondary N) is 2. The number of fused-ring (bicyclic) bond motifs is 2. The molecule has 2 amide bonds. The largest absolute Gasteiger partial charge is 0.349 e. The van der Waals surface area contributed by atoms with Crippen LogP contribution in [0.15, 0.2) is 60.9 Å². The Morgan fingerprint density at radius 3 is 1.60 bits per heavy atom. The van der Waals surface area contributed by atoms with Crippen LogP contribution in [-0.2, 0) is 9.59 Å². The van der Waals surface area contributed by atoms with E-state index in [0.717, 1.165) is 62.6 Å². The maximum absolute atomic E-state index is 12.6. The normalized spacial score (nSPS) is 28.5. The standard InChI is InChI=1S/C22H26ClN3O.C19H22ClNO3.C4H9N.ClH/c1-2-20(25-22(27)13-3-5-16(23)6-4-13)21-18-9-14(10-19(18)21)15-11-24-26(12-15)17-7-8-17;1-2-17(21-19(24)11-3-5-14(20)6-4-11)18-15-7-12(8-16(15)18)13(9-22)10-23;5-3-4-1-2-4;/h3-6,11-12,14,17-21H,2,7-10H2,1H3,(H,25,27);3-6,9-10,12-13,15-18H,2,7-8H2,1H3,(H,21,24);4H,1-3,5H2;1H/t14?,18-,19+,20-,21?;12?,15-,16+,17-,18?;;/m11../s1. The average Bonchev–Trinajstić information content (AvgIpc) is 4.19. The van der Waals surface area contributed by atoms with Gasteiger partial charge < -0.3 is 26.0 Å². The molecule has 308 valence electrons. The van der Waals surface area contributed by atoms with E-state index in [2.05, 4.69) is 46.7 Å². The zero-order chi connectivity index (χ0) is 39.5. The lowest BCUT2D eigenvalue weighted by molar-refractivity contribution is -0.121. The van der Waals surface area contributed by atoms with Crippen LogP contribution in [-0.4, -0.2) is 52.8 Å². The minimum atomic E-state index is -0.456. The Labute approximate surface area is 353 Å². The molecule has 0 spiro atoms. The summed E-state index contributed by atoms with van der Waals surface area (Å²) in [7, 11) is 0. The zero-order valence-corrected chi connectivity index (χ0v) is 35.3. The number of carbonyl (C=O) groups excluding carboxylic acids is 4. The van der Waals surface area contributed by atoms with Crippen molar-refractivity contribution in [1.29, 1.82) is 0 Å². The van der Waals surface area contributed by atoms with E-state index < -0.39 is 5.92 Å². The lowest BCUT2D eigenvalue weighted by Crippen LogP contribution is -2.37. The maximum atomic E-state index is 12.6. The molecule has 9 nitrogen and oxygen atoms in total. The molecule has 0 saturated heterocycles. The molecular formula is C45H58Cl3N5O4. The summed E-state index contributed by atoms with van der Waals surface area (Å²) in [6.07, 6.45) is 17.5. The Bertz CT molecular complexity index is 1800. The molecular weight excluding hydrogens is 781 g/mol. The summed E-state index contributed by atoms with van der Waals surface area (Å²) in [5.41, 5.74) is 7.96. The molecule has 6 aliphatic rings.